The summed E-state index contributed by atoms with van der Waals surface area (Å²) in [5, 5.41) is 0. The molecule has 35 heavy (non-hydrogen) atoms. The van der Waals surface area contributed by atoms with E-state index in [0.717, 1.165) is 72.1 Å². The second kappa shape index (κ2) is 8.16. The molecule has 0 aromatic heterocycles. The van der Waals surface area contributed by atoms with Gasteiger partial charge in [0.1, 0.15) is 5.82 Å². The first kappa shape index (κ1) is 22.2. The van der Waals surface area contributed by atoms with Crippen LogP contribution in [0.5, 0.6) is 0 Å². The third kappa shape index (κ3) is 3.46. The molecule has 5 nitrogen and oxygen atoms in total. The third-order valence-electron chi connectivity index (χ3n) is 8.36. The molecular formula is C29H29FN2O3. The maximum absolute atomic E-state index is 16.0. The Hall–Kier alpha value is -3.25. The topological polar surface area (TPSA) is 72.6 Å². The maximum atomic E-state index is 16.0. The lowest BCUT2D eigenvalue weighted by Gasteiger charge is -2.34. The van der Waals surface area contributed by atoms with Crippen molar-refractivity contribution in [2.75, 3.05) is 13.2 Å². The highest BCUT2D eigenvalue weighted by molar-refractivity contribution is 6.01. The molecule has 0 saturated carbocycles. The average molecular weight is 473 g/mol. The van der Waals surface area contributed by atoms with Gasteiger partial charge in [-0.05, 0) is 84.1 Å². The Morgan fingerprint density at radius 1 is 1.17 bits per heavy atom. The zero-order chi connectivity index (χ0) is 24.3. The fraction of sp³-hybridized carbons (Fsp3) is 0.379. The number of amides is 2. The lowest BCUT2D eigenvalue weighted by molar-refractivity contribution is -0.126. The molecular weight excluding hydrogens is 443 g/mol. The number of rotatable bonds is 3. The van der Waals surface area contributed by atoms with E-state index in [1.54, 1.807) is 4.90 Å². The Balaban J connectivity index is 1.52. The number of carbonyl (C=O) groups is 2. The second-order valence-corrected chi connectivity index (χ2v) is 10.2. The normalized spacial score (nSPS) is 22.7. The van der Waals surface area contributed by atoms with Gasteiger partial charge in [-0.25, -0.2) is 4.39 Å². The first-order chi connectivity index (χ1) is 16.9. The number of ether oxygens (including phenoxy) is 1. The summed E-state index contributed by atoms with van der Waals surface area (Å²) in [4.78, 5) is 26.3. The van der Waals surface area contributed by atoms with Gasteiger partial charge in [0.2, 0.25) is 11.8 Å². The summed E-state index contributed by atoms with van der Waals surface area (Å²) in [5.74, 6) is -1.11. The summed E-state index contributed by atoms with van der Waals surface area (Å²) in [6.45, 7) is 5.41. The first-order valence-corrected chi connectivity index (χ1v) is 12.4. The van der Waals surface area contributed by atoms with Gasteiger partial charge in [-0.3, -0.25) is 9.59 Å². The van der Waals surface area contributed by atoms with Crippen molar-refractivity contribution in [2.24, 2.45) is 5.73 Å². The van der Waals surface area contributed by atoms with E-state index in [9.17, 15) is 9.59 Å². The molecule has 1 saturated heterocycles. The number of halogens is 1. The molecule has 4 aliphatic rings. The van der Waals surface area contributed by atoms with Crippen LogP contribution < -0.4 is 5.73 Å². The molecule has 2 aromatic carbocycles. The largest absolute Gasteiger partial charge is 0.375 e. The molecule has 180 valence electrons. The molecule has 0 bridgehead atoms. The Labute approximate surface area is 204 Å². The lowest BCUT2D eigenvalue weighted by atomic mass is 9.77. The van der Waals surface area contributed by atoms with Crippen molar-refractivity contribution in [2.45, 2.75) is 57.1 Å². The average Bonchev–Trinajstić information content (AvgIpc) is 3.47. The van der Waals surface area contributed by atoms with Crippen molar-refractivity contribution in [3.63, 3.8) is 0 Å². The molecule has 1 atom stereocenters. The van der Waals surface area contributed by atoms with Crippen LogP contribution >= 0.6 is 0 Å². The number of benzene rings is 2. The number of hydrogen-bond donors (Lipinski definition) is 1. The van der Waals surface area contributed by atoms with Crippen LogP contribution in [0.3, 0.4) is 0 Å². The lowest BCUT2D eigenvalue weighted by Crippen LogP contribution is -2.35. The van der Waals surface area contributed by atoms with E-state index in [-0.39, 0.29) is 17.1 Å². The minimum atomic E-state index is -0.591. The molecule has 2 aliphatic carbocycles. The molecule has 1 fully saturated rings. The number of primary amides is 1. The minimum absolute atomic E-state index is 0.0993. The highest BCUT2D eigenvalue weighted by atomic mass is 19.1. The highest BCUT2D eigenvalue weighted by Gasteiger charge is 2.43. The van der Waals surface area contributed by atoms with Crippen LogP contribution in [0.4, 0.5) is 4.39 Å². The number of allylic oxidation sites excluding steroid dienone is 1. The molecule has 2 aromatic rings. The van der Waals surface area contributed by atoms with E-state index in [1.807, 2.05) is 18.2 Å². The van der Waals surface area contributed by atoms with Gasteiger partial charge in [-0.1, -0.05) is 30.4 Å². The van der Waals surface area contributed by atoms with Gasteiger partial charge in [-0.15, -0.1) is 0 Å². The van der Waals surface area contributed by atoms with Crippen LogP contribution in [0, 0.1) is 5.82 Å². The summed E-state index contributed by atoms with van der Waals surface area (Å²) in [5.41, 5.74) is 13.4. The molecule has 2 N–H and O–H groups in total. The van der Waals surface area contributed by atoms with Crippen LogP contribution in [0.2, 0.25) is 0 Å². The first-order valence-electron chi connectivity index (χ1n) is 12.4. The molecule has 1 spiro atoms. The van der Waals surface area contributed by atoms with Crippen molar-refractivity contribution in [1.29, 1.82) is 0 Å². The number of carbonyl (C=O) groups excluding carboxylic acids is 2. The monoisotopic (exact) mass is 472 g/mol. The standard InChI is InChI=1S/C29H29FN2O3/c1-2-25(33)32-11-8-19-18(16-32)5-3-6-20(19)27-24(30)14-22(28(31)34)21-13-17-7-10-29(9-4-12-35-29)15-23(17)26(21)27/h2-3,5-6,14H,1,4,7-13,15-16H2,(H2,31,34). The number of nitrogens with zero attached hydrogens (tertiary/aromatic N) is 1. The van der Waals surface area contributed by atoms with Crippen molar-refractivity contribution in [1.82, 2.24) is 4.90 Å². The quantitative estimate of drug-likeness (QED) is 0.658. The van der Waals surface area contributed by atoms with E-state index in [2.05, 4.69) is 6.58 Å². The number of hydrogen-bond acceptors (Lipinski definition) is 3. The molecule has 2 aliphatic heterocycles. The summed E-state index contributed by atoms with van der Waals surface area (Å²) < 4.78 is 22.2. The number of nitrogens with two attached hydrogens (primary N) is 1. The molecule has 6 rings (SSSR count). The van der Waals surface area contributed by atoms with Crippen LogP contribution in [0.1, 0.15) is 64.7 Å². The van der Waals surface area contributed by atoms with Crippen LogP contribution in [0.15, 0.2) is 42.5 Å². The zero-order valence-electron chi connectivity index (χ0n) is 19.8. The maximum Gasteiger partial charge on any atom is 0.249 e. The third-order valence-corrected chi connectivity index (χ3v) is 8.36. The summed E-state index contributed by atoms with van der Waals surface area (Å²) >= 11 is 0. The van der Waals surface area contributed by atoms with Gasteiger partial charge < -0.3 is 15.4 Å². The van der Waals surface area contributed by atoms with Gasteiger partial charge >= 0.3 is 0 Å². The zero-order valence-corrected chi connectivity index (χ0v) is 19.8. The number of fused-ring (bicyclic) bond motifs is 3. The van der Waals surface area contributed by atoms with Crippen molar-refractivity contribution < 1.29 is 18.7 Å². The summed E-state index contributed by atoms with van der Waals surface area (Å²) in [6.07, 6.45) is 7.29. The molecule has 1 unspecified atom stereocenters. The van der Waals surface area contributed by atoms with E-state index >= 15 is 4.39 Å². The molecule has 2 amide bonds. The predicted octanol–water partition coefficient (Wildman–Crippen LogP) is 4.71. The van der Waals surface area contributed by atoms with Gasteiger partial charge in [-0.2, -0.15) is 0 Å². The molecule has 0 radical (unpaired) electrons. The SMILES string of the molecule is C=CC(=O)N1CCc2c(cccc2-c2c(F)cc(C(N)=O)c3c2C2=C(CCC4(CCCO4)C2)C3)C1. The molecule has 2 heterocycles. The fourth-order valence-electron chi connectivity index (χ4n) is 6.68. The van der Waals surface area contributed by atoms with Crippen LogP contribution in [0.25, 0.3) is 16.7 Å². The fourth-order valence-corrected chi connectivity index (χ4v) is 6.68. The Morgan fingerprint density at radius 2 is 2.03 bits per heavy atom. The van der Waals surface area contributed by atoms with Crippen LogP contribution in [-0.2, 0) is 28.9 Å². The molecule has 6 heteroatoms. The Bertz CT molecular complexity index is 1320. The Morgan fingerprint density at radius 3 is 2.77 bits per heavy atom. The van der Waals surface area contributed by atoms with E-state index in [1.165, 1.54) is 17.7 Å². The smallest absolute Gasteiger partial charge is 0.249 e. The van der Waals surface area contributed by atoms with E-state index in [0.29, 0.717) is 31.5 Å². The summed E-state index contributed by atoms with van der Waals surface area (Å²) in [7, 11) is 0. The predicted molar refractivity (Wildman–Crippen MR) is 132 cm³/mol. The van der Waals surface area contributed by atoms with Gasteiger partial charge in [0.25, 0.3) is 0 Å². The highest BCUT2D eigenvalue weighted by Crippen LogP contribution is 2.53. The van der Waals surface area contributed by atoms with E-state index < -0.39 is 11.7 Å². The van der Waals surface area contributed by atoms with Crippen molar-refractivity contribution in [3.8, 4) is 11.1 Å². The second-order valence-electron chi connectivity index (χ2n) is 10.2. The van der Waals surface area contributed by atoms with Gasteiger partial charge in [0.15, 0.2) is 0 Å². The van der Waals surface area contributed by atoms with Crippen LogP contribution in [-0.4, -0.2) is 35.5 Å². The van der Waals surface area contributed by atoms with Gasteiger partial charge in [0, 0.05) is 37.2 Å². The summed E-state index contributed by atoms with van der Waals surface area (Å²) in [6, 6.07) is 7.22. The van der Waals surface area contributed by atoms with Crippen molar-refractivity contribution >= 4 is 17.4 Å². The van der Waals surface area contributed by atoms with E-state index in [4.69, 9.17) is 10.5 Å². The van der Waals surface area contributed by atoms with Crippen molar-refractivity contribution in [3.05, 3.63) is 76.1 Å². The Kier molecular flexibility index (Phi) is 5.18. The minimum Gasteiger partial charge on any atom is -0.375 e. The van der Waals surface area contributed by atoms with Gasteiger partial charge in [0.05, 0.1) is 5.60 Å².